The molecule has 1 unspecified atom stereocenters. The van der Waals surface area contributed by atoms with Crippen molar-refractivity contribution in [3.63, 3.8) is 0 Å². The molecule has 0 bridgehead atoms. The van der Waals surface area contributed by atoms with Crippen LogP contribution in [0.15, 0.2) is 48.8 Å². The third-order valence-electron chi connectivity index (χ3n) is 4.69. The summed E-state index contributed by atoms with van der Waals surface area (Å²) >= 11 is 7.30. The Hall–Kier alpha value is -2.82. The number of pyridine rings is 2. The number of anilines is 1. The first-order valence-electron chi connectivity index (χ1n) is 9.42. The van der Waals surface area contributed by atoms with Crippen LogP contribution >= 0.6 is 22.9 Å². The Bertz CT molecular complexity index is 1260. The molecule has 1 atom stereocenters. The van der Waals surface area contributed by atoms with Crippen LogP contribution in [0.3, 0.4) is 0 Å². The Morgan fingerprint density at radius 2 is 1.88 bits per heavy atom. The van der Waals surface area contributed by atoms with Gasteiger partial charge in [0.25, 0.3) is 0 Å². The number of alkyl halides is 3. The minimum absolute atomic E-state index is 0.213. The van der Waals surface area contributed by atoms with E-state index in [4.69, 9.17) is 17.3 Å². The Kier molecular flexibility index (Phi) is 6.27. The van der Waals surface area contributed by atoms with Gasteiger partial charge < -0.3 is 11.1 Å². The van der Waals surface area contributed by atoms with Crippen LogP contribution in [0.1, 0.15) is 11.3 Å². The minimum Gasteiger partial charge on any atom is -0.360 e. The van der Waals surface area contributed by atoms with Gasteiger partial charge in [-0.2, -0.15) is 17.6 Å². The highest BCUT2D eigenvalue weighted by Gasteiger charge is 2.33. The summed E-state index contributed by atoms with van der Waals surface area (Å²) in [5, 5.41) is 5.12. The number of benzene rings is 1. The highest BCUT2D eigenvalue weighted by Crippen LogP contribution is 2.32. The lowest BCUT2D eigenvalue weighted by molar-refractivity contribution is -0.141. The molecule has 0 aliphatic heterocycles. The van der Waals surface area contributed by atoms with Crippen LogP contribution in [-0.2, 0) is 12.6 Å². The van der Waals surface area contributed by atoms with Crippen molar-refractivity contribution >= 4 is 38.8 Å². The maximum atomic E-state index is 13.4. The van der Waals surface area contributed by atoms with Gasteiger partial charge in [-0.3, -0.25) is 0 Å². The van der Waals surface area contributed by atoms with Crippen LogP contribution in [0.4, 0.5) is 22.7 Å². The summed E-state index contributed by atoms with van der Waals surface area (Å²) in [6.45, 7) is 0.332. The molecule has 1 aromatic carbocycles. The van der Waals surface area contributed by atoms with E-state index in [1.807, 2.05) is 18.2 Å². The van der Waals surface area contributed by atoms with Gasteiger partial charge in [-0.1, -0.05) is 41.1 Å². The van der Waals surface area contributed by atoms with Crippen molar-refractivity contribution in [2.45, 2.75) is 18.6 Å². The van der Waals surface area contributed by atoms with E-state index < -0.39 is 23.9 Å². The van der Waals surface area contributed by atoms with Crippen LogP contribution in [-0.4, -0.2) is 27.5 Å². The number of hydrogen-bond donors (Lipinski definition) is 2. The third kappa shape index (κ3) is 5.14. The fourth-order valence-corrected chi connectivity index (χ4v) is 4.15. The van der Waals surface area contributed by atoms with Gasteiger partial charge >= 0.3 is 6.18 Å². The van der Waals surface area contributed by atoms with Gasteiger partial charge in [0, 0.05) is 36.4 Å². The maximum Gasteiger partial charge on any atom is 0.433 e. The van der Waals surface area contributed by atoms with Crippen molar-refractivity contribution in [2.75, 3.05) is 11.9 Å². The van der Waals surface area contributed by atoms with E-state index in [-0.39, 0.29) is 11.6 Å². The fourth-order valence-electron chi connectivity index (χ4n) is 3.10. The molecule has 0 spiro atoms. The van der Waals surface area contributed by atoms with E-state index in [1.165, 1.54) is 29.7 Å². The molecule has 32 heavy (non-hydrogen) atoms. The zero-order chi connectivity index (χ0) is 22.9. The molecule has 0 saturated carbocycles. The number of nitrogens with zero attached hydrogens (tertiary/aromatic N) is 3. The van der Waals surface area contributed by atoms with Crippen molar-refractivity contribution in [2.24, 2.45) is 5.73 Å². The first-order chi connectivity index (χ1) is 15.2. The molecule has 3 aromatic heterocycles. The number of halogens is 5. The number of thiazole rings is 1. The number of hydrogen-bond acceptors (Lipinski definition) is 6. The maximum absolute atomic E-state index is 13.4. The van der Waals surface area contributed by atoms with E-state index >= 15 is 0 Å². The second kappa shape index (κ2) is 8.97. The minimum atomic E-state index is -4.55. The van der Waals surface area contributed by atoms with Crippen LogP contribution < -0.4 is 11.1 Å². The van der Waals surface area contributed by atoms with Crippen LogP contribution in [0.25, 0.3) is 21.2 Å². The molecule has 5 nitrogen and oxygen atoms in total. The van der Waals surface area contributed by atoms with Gasteiger partial charge in [-0.05, 0) is 35.1 Å². The van der Waals surface area contributed by atoms with Crippen molar-refractivity contribution in [3.8, 4) is 10.4 Å². The van der Waals surface area contributed by atoms with Gasteiger partial charge in [0.05, 0.1) is 4.88 Å². The molecule has 0 aliphatic carbocycles. The van der Waals surface area contributed by atoms with Crippen molar-refractivity contribution in [1.29, 1.82) is 0 Å². The molecule has 4 aromatic rings. The standard InChI is InChI=1S/C21H16ClF4N5S/c22-19-12(3-4-17(31-19)21(24,25)26)6-15(27)9-29-20-30-10-16(32-20)11-1-2-13-8-28-18(23)7-14(13)5-11/h1-5,7-8,10,15H,6,9,27H2,(H,29,30). The van der Waals surface area contributed by atoms with Gasteiger partial charge in [-0.15, -0.1) is 0 Å². The quantitative estimate of drug-likeness (QED) is 0.279. The Labute approximate surface area is 189 Å². The zero-order valence-electron chi connectivity index (χ0n) is 16.3. The Balaban J connectivity index is 1.39. The monoisotopic (exact) mass is 481 g/mol. The number of nitrogens with two attached hydrogens (primary N) is 1. The lowest BCUT2D eigenvalue weighted by Gasteiger charge is -2.14. The first kappa shape index (κ1) is 22.4. The van der Waals surface area contributed by atoms with E-state index in [0.717, 1.165) is 27.3 Å². The first-order valence-corrected chi connectivity index (χ1v) is 10.6. The van der Waals surface area contributed by atoms with Gasteiger partial charge in [-0.25, -0.2) is 15.0 Å². The fraction of sp³-hybridized carbons (Fsp3) is 0.190. The summed E-state index contributed by atoms with van der Waals surface area (Å²) < 4.78 is 51.5. The third-order valence-corrected chi connectivity index (χ3v) is 6.02. The van der Waals surface area contributed by atoms with E-state index in [1.54, 1.807) is 6.20 Å². The normalized spacial score (nSPS) is 12.8. The lowest BCUT2D eigenvalue weighted by Crippen LogP contribution is -2.31. The van der Waals surface area contributed by atoms with E-state index in [2.05, 4.69) is 20.3 Å². The van der Waals surface area contributed by atoms with Crippen molar-refractivity contribution in [3.05, 3.63) is 71.2 Å². The number of nitrogens with one attached hydrogen (secondary N) is 1. The predicted molar refractivity (Wildman–Crippen MR) is 117 cm³/mol. The van der Waals surface area contributed by atoms with E-state index in [0.29, 0.717) is 17.2 Å². The molecule has 0 aliphatic rings. The second-order valence-corrected chi connectivity index (χ2v) is 8.48. The molecule has 166 valence electrons. The van der Waals surface area contributed by atoms with Crippen molar-refractivity contribution in [1.82, 2.24) is 15.0 Å². The average Bonchev–Trinajstić information content (AvgIpc) is 3.21. The highest BCUT2D eigenvalue weighted by atomic mass is 35.5. The largest absolute Gasteiger partial charge is 0.433 e. The molecule has 0 radical (unpaired) electrons. The summed E-state index contributed by atoms with van der Waals surface area (Å²) in [7, 11) is 0. The number of aromatic nitrogens is 3. The summed E-state index contributed by atoms with van der Waals surface area (Å²) in [4.78, 5) is 12.3. The molecular formula is C21H16ClF4N5S. The molecule has 3 N–H and O–H groups in total. The van der Waals surface area contributed by atoms with Crippen LogP contribution in [0.2, 0.25) is 5.15 Å². The summed E-state index contributed by atoms with van der Waals surface area (Å²) in [5.41, 5.74) is 6.39. The smallest absolute Gasteiger partial charge is 0.360 e. The molecule has 0 amide bonds. The SMILES string of the molecule is NC(CNc1ncc(-c2ccc3cnc(F)cc3c2)s1)Cc1ccc(C(F)(F)F)nc1Cl. The van der Waals surface area contributed by atoms with Crippen LogP contribution in [0.5, 0.6) is 0 Å². The Morgan fingerprint density at radius 1 is 1.06 bits per heavy atom. The molecule has 0 fully saturated rings. The second-order valence-electron chi connectivity index (χ2n) is 7.09. The summed E-state index contributed by atoms with van der Waals surface area (Å²) in [6.07, 6.45) is -1.12. The highest BCUT2D eigenvalue weighted by molar-refractivity contribution is 7.18. The Morgan fingerprint density at radius 3 is 2.62 bits per heavy atom. The molecular weight excluding hydrogens is 466 g/mol. The number of fused-ring (bicyclic) bond motifs is 1. The summed E-state index contributed by atoms with van der Waals surface area (Å²) in [6, 6.07) is 8.76. The lowest BCUT2D eigenvalue weighted by atomic mass is 10.1. The average molecular weight is 482 g/mol. The predicted octanol–water partition coefficient (Wildman–Crippen LogP) is 5.55. The van der Waals surface area contributed by atoms with Crippen molar-refractivity contribution < 1.29 is 17.6 Å². The molecule has 0 saturated heterocycles. The van der Waals surface area contributed by atoms with Gasteiger partial charge in [0.1, 0.15) is 10.8 Å². The number of rotatable bonds is 6. The topological polar surface area (TPSA) is 76.7 Å². The van der Waals surface area contributed by atoms with Crippen LogP contribution in [0, 0.1) is 5.95 Å². The molecule has 4 rings (SSSR count). The van der Waals surface area contributed by atoms with Gasteiger partial charge in [0.2, 0.25) is 5.95 Å². The molecule has 11 heteroatoms. The molecule has 3 heterocycles. The van der Waals surface area contributed by atoms with E-state index in [9.17, 15) is 17.6 Å². The summed E-state index contributed by atoms with van der Waals surface area (Å²) in [5.74, 6) is -0.543. The van der Waals surface area contributed by atoms with Gasteiger partial charge in [0.15, 0.2) is 5.13 Å². The zero-order valence-corrected chi connectivity index (χ0v) is 17.9.